The van der Waals surface area contributed by atoms with Crippen LogP contribution in [0, 0.1) is 5.92 Å². The first-order valence-electron chi connectivity index (χ1n) is 8.45. The van der Waals surface area contributed by atoms with Crippen molar-refractivity contribution in [3.63, 3.8) is 0 Å². The van der Waals surface area contributed by atoms with E-state index in [1.54, 1.807) is 0 Å². The summed E-state index contributed by atoms with van der Waals surface area (Å²) in [5.41, 5.74) is 1.16. The number of hydrogen-bond acceptors (Lipinski definition) is 4. The molecular weight excluding hydrogens is 264 g/mol. The molecule has 1 saturated carbocycles. The van der Waals surface area contributed by atoms with Crippen molar-refractivity contribution in [2.24, 2.45) is 5.92 Å². The molecule has 2 heterocycles. The summed E-state index contributed by atoms with van der Waals surface area (Å²) in [6, 6.07) is 2.78. The molecule has 118 valence electrons. The second-order valence-electron chi connectivity index (χ2n) is 7.31. The molecule has 0 aromatic carbocycles. The van der Waals surface area contributed by atoms with Crippen LogP contribution in [0.1, 0.15) is 57.4 Å². The normalized spacial score (nSPS) is 22.4. The highest BCUT2D eigenvalue weighted by Gasteiger charge is 2.41. The van der Waals surface area contributed by atoms with E-state index < -0.39 is 0 Å². The Morgan fingerprint density at radius 1 is 1.29 bits per heavy atom. The minimum Gasteiger partial charge on any atom is -0.377 e. The van der Waals surface area contributed by atoms with E-state index in [9.17, 15) is 0 Å². The Bertz CT molecular complexity index is 445. The van der Waals surface area contributed by atoms with Crippen LogP contribution in [0.25, 0.3) is 0 Å². The fraction of sp³-hybridized carbons (Fsp3) is 0.824. The van der Waals surface area contributed by atoms with Crippen molar-refractivity contribution in [2.75, 3.05) is 13.2 Å². The van der Waals surface area contributed by atoms with Crippen LogP contribution >= 0.6 is 0 Å². The molecule has 1 saturated heterocycles. The van der Waals surface area contributed by atoms with Gasteiger partial charge in [-0.3, -0.25) is 0 Å². The fourth-order valence-electron chi connectivity index (χ4n) is 3.55. The topological polar surface area (TPSA) is 47.3 Å². The third-order valence-corrected chi connectivity index (χ3v) is 4.61. The van der Waals surface area contributed by atoms with Crippen LogP contribution in [0.2, 0.25) is 0 Å². The van der Waals surface area contributed by atoms with E-state index >= 15 is 0 Å². The van der Waals surface area contributed by atoms with Gasteiger partial charge in [-0.05, 0) is 18.8 Å². The summed E-state index contributed by atoms with van der Waals surface area (Å²) in [6.07, 6.45) is 8.60. The monoisotopic (exact) mass is 292 g/mol. The van der Waals surface area contributed by atoms with Gasteiger partial charge in [-0.25, -0.2) is 0 Å². The lowest BCUT2D eigenvalue weighted by atomic mass is 9.87. The minimum absolute atomic E-state index is 0.0913. The highest BCUT2D eigenvalue weighted by Crippen LogP contribution is 2.27. The van der Waals surface area contributed by atoms with Crippen molar-refractivity contribution < 1.29 is 9.26 Å². The molecule has 4 heteroatoms. The van der Waals surface area contributed by atoms with Crippen molar-refractivity contribution in [3.05, 3.63) is 17.5 Å². The first-order chi connectivity index (χ1) is 10.2. The summed E-state index contributed by atoms with van der Waals surface area (Å²) in [4.78, 5) is 0. The molecule has 1 N–H and O–H groups in total. The molecule has 0 unspecified atom stereocenters. The highest BCUT2D eigenvalue weighted by atomic mass is 16.5. The highest BCUT2D eigenvalue weighted by molar-refractivity contribution is 5.13. The molecule has 2 fully saturated rings. The number of nitrogens with zero attached hydrogens (tertiary/aromatic N) is 1. The summed E-state index contributed by atoms with van der Waals surface area (Å²) in [6.45, 7) is 6.01. The SMILES string of the molecule is CC(C)Cc1cc(CC2(NC3CCCCC3)COC2)no1. The van der Waals surface area contributed by atoms with Crippen LogP contribution in [0.15, 0.2) is 10.6 Å². The zero-order chi connectivity index (χ0) is 14.7. The lowest BCUT2D eigenvalue weighted by Crippen LogP contribution is -2.64. The van der Waals surface area contributed by atoms with Crippen molar-refractivity contribution >= 4 is 0 Å². The zero-order valence-electron chi connectivity index (χ0n) is 13.4. The van der Waals surface area contributed by atoms with Gasteiger partial charge in [-0.2, -0.15) is 0 Å². The standard InChI is InChI=1S/C17H28N2O2/c1-13(2)8-16-9-15(19-21-16)10-17(11-20-12-17)18-14-6-4-3-5-7-14/h9,13-14,18H,3-8,10-12H2,1-2H3. The molecule has 4 nitrogen and oxygen atoms in total. The molecule has 0 radical (unpaired) electrons. The predicted octanol–water partition coefficient (Wildman–Crippen LogP) is 3.11. The maximum absolute atomic E-state index is 5.50. The molecule has 3 rings (SSSR count). The second kappa shape index (κ2) is 6.49. The Labute approximate surface area is 127 Å². The number of rotatable bonds is 6. The number of ether oxygens (including phenoxy) is 1. The first kappa shape index (κ1) is 15.0. The summed E-state index contributed by atoms with van der Waals surface area (Å²) in [5, 5.41) is 8.12. The van der Waals surface area contributed by atoms with Gasteiger partial charge in [0.2, 0.25) is 0 Å². The summed E-state index contributed by atoms with van der Waals surface area (Å²) < 4.78 is 11.0. The fourth-order valence-corrected chi connectivity index (χ4v) is 3.55. The molecular formula is C17H28N2O2. The number of nitrogens with one attached hydrogen (secondary N) is 1. The van der Waals surface area contributed by atoms with E-state index in [0.29, 0.717) is 12.0 Å². The average Bonchev–Trinajstić information content (AvgIpc) is 2.83. The lowest BCUT2D eigenvalue weighted by molar-refractivity contribution is -0.0815. The molecule has 1 aliphatic heterocycles. The largest absolute Gasteiger partial charge is 0.377 e. The lowest BCUT2D eigenvalue weighted by Gasteiger charge is -2.45. The average molecular weight is 292 g/mol. The van der Waals surface area contributed by atoms with Gasteiger partial charge in [0, 0.05) is 24.9 Å². The molecule has 21 heavy (non-hydrogen) atoms. The van der Waals surface area contributed by atoms with Crippen LogP contribution in [0.3, 0.4) is 0 Å². The number of aromatic nitrogens is 1. The summed E-state index contributed by atoms with van der Waals surface area (Å²) in [5.74, 6) is 1.61. The van der Waals surface area contributed by atoms with Crippen LogP contribution in [0.5, 0.6) is 0 Å². The molecule has 0 bridgehead atoms. The predicted molar refractivity (Wildman–Crippen MR) is 82.3 cm³/mol. The van der Waals surface area contributed by atoms with E-state index in [4.69, 9.17) is 9.26 Å². The maximum Gasteiger partial charge on any atom is 0.137 e. The smallest absolute Gasteiger partial charge is 0.137 e. The Morgan fingerprint density at radius 2 is 2.05 bits per heavy atom. The van der Waals surface area contributed by atoms with Crippen LogP contribution in [0.4, 0.5) is 0 Å². The third-order valence-electron chi connectivity index (χ3n) is 4.61. The van der Waals surface area contributed by atoms with Gasteiger partial charge in [0.1, 0.15) is 5.76 Å². The molecule has 1 aromatic heterocycles. The van der Waals surface area contributed by atoms with Gasteiger partial charge in [0.05, 0.1) is 24.4 Å². The Morgan fingerprint density at radius 3 is 2.67 bits per heavy atom. The van der Waals surface area contributed by atoms with Gasteiger partial charge in [0.15, 0.2) is 0 Å². The molecule has 1 aliphatic carbocycles. The van der Waals surface area contributed by atoms with E-state index in [2.05, 4.69) is 30.4 Å². The van der Waals surface area contributed by atoms with Crippen LogP contribution in [-0.4, -0.2) is 30.0 Å². The van der Waals surface area contributed by atoms with Crippen molar-refractivity contribution in [3.8, 4) is 0 Å². The molecule has 0 spiro atoms. The van der Waals surface area contributed by atoms with Crippen molar-refractivity contribution in [1.29, 1.82) is 0 Å². The van der Waals surface area contributed by atoms with E-state index in [1.165, 1.54) is 32.1 Å². The Kier molecular flexibility index (Phi) is 4.65. The summed E-state index contributed by atoms with van der Waals surface area (Å²) in [7, 11) is 0. The van der Waals surface area contributed by atoms with E-state index in [1.807, 2.05) is 0 Å². The molecule has 1 aromatic rings. The zero-order valence-corrected chi connectivity index (χ0v) is 13.4. The summed E-state index contributed by atoms with van der Waals surface area (Å²) >= 11 is 0. The second-order valence-corrected chi connectivity index (χ2v) is 7.31. The van der Waals surface area contributed by atoms with E-state index in [0.717, 1.165) is 37.5 Å². The molecule has 2 aliphatic rings. The van der Waals surface area contributed by atoms with Gasteiger partial charge < -0.3 is 14.6 Å². The first-order valence-corrected chi connectivity index (χ1v) is 8.45. The van der Waals surface area contributed by atoms with Crippen LogP contribution < -0.4 is 5.32 Å². The van der Waals surface area contributed by atoms with Crippen LogP contribution in [-0.2, 0) is 17.6 Å². The van der Waals surface area contributed by atoms with Gasteiger partial charge >= 0.3 is 0 Å². The molecule has 0 amide bonds. The Balaban J connectivity index is 1.59. The quantitative estimate of drug-likeness (QED) is 0.875. The van der Waals surface area contributed by atoms with Gasteiger partial charge in [-0.1, -0.05) is 38.3 Å². The number of hydrogen-bond donors (Lipinski definition) is 1. The van der Waals surface area contributed by atoms with Gasteiger partial charge in [0.25, 0.3) is 0 Å². The maximum atomic E-state index is 5.50. The molecule has 0 atom stereocenters. The Hall–Kier alpha value is -0.870. The third kappa shape index (κ3) is 3.86. The minimum atomic E-state index is 0.0913. The van der Waals surface area contributed by atoms with Crippen molar-refractivity contribution in [2.45, 2.75) is 70.4 Å². The van der Waals surface area contributed by atoms with E-state index in [-0.39, 0.29) is 5.54 Å². The van der Waals surface area contributed by atoms with Crippen molar-refractivity contribution in [1.82, 2.24) is 10.5 Å². The van der Waals surface area contributed by atoms with Gasteiger partial charge in [-0.15, -0.1) is 0 Å².